The summed E-state index contributed by atoms with van der Waals surface area (Å²) in [6.07, 6.45) is -0.594. The normalized spacial score (nSPS) is 11.7. The fourth-order valence-corrected chi connectivity index (χ4v) is 3.35. The third-order valence-electron chi connectivity index (χ3n) is 4.55. The highest BCUT2D eigenvalue weighted by atomic mass is 79.9. The molecule has 156 valence electrons. The number of hydrogen-bond acceptors (Lipinski definition) is 4. The smallest absolute Gasteiger partial charge is 0.262 e. The van der Waals surface area contributed by atoms with Crippen LogP contribution in [0.25, 0.3) is 0 Å². The van der Waals surface area contributed by atoms with Crippen molar-refractivity contribution in [2.75, 3.05) is 18.5 Å². The van der Waals surface area contributed by atoms with Crippen LogP contribution in [0.4, 0.5) is 5.69 Å². The second-order valence-electron chi connectivity index (χ2n) is 7.01. The fourth-order valence-electron chi connectivity index (χ4n) is 2.94. The molecule has 0 fully saturated rings. The van der Waals surface area contributed by atoms with Gasteiger partial charge in [-0.05, 0) is 42.8 Å². The molecule has 0 aliphatic rings. The van der Waals surface area contributed by atoms with E-state index in [1.165, 1.54) is 0 Å². The van der Waals surface area contributed by atoms with Crippen LogP contribution in [-0.2, 0) is 11.3 Å². The number of carbonyl (C=O) groups excluding carboxylic acids is 1. The Morgan fingerprint density at radius 1 is 1.07 bits per heavy atom. The lowest BCUT2D eigenvalue weighted by Gasteiger charge is -2.15. The summed E-state index contributed by atoms with van der Waals surface area (Å²) < 4.78 is 6.67. The van der Waals surface area contributed by atoms with Gasteiger partial charge in [0.2, 0.25) is 0 Å². The van der Waals surface area contributed by atoms with E-state index in [0.717, 1.165) is 26.9 Å². The molecule has 1 amide bonds. The van der Waals surface area contributed by atoms with E-state index in [4.69, 9.17) is 4.74 Å². The second-order valence-corrected chi connectivity index (χ2v) is 7.93. The minimum atomic E-state index is -0.594. The fraction of sp³-hybridized carbons (Fsp3) is 0.208. The Morgan fingerprint density at radius 2 is 1.80 bits per heavy atom. The third-order valence-corrected chi connectivity index (χ3v) is 5.05. The largest absolute Gasteiger partial charge is 0.483 e. The molecule has 0 aromatic heterocycles. The van der Waals surface area contributed by atoms with Gasteiger partial charge in [0, 0.05) is 28.8 Å². The van der Waals surface area contributed by atoms with Crippen molar-refractivity contribution in [1.29, 1.82) is 0 Å². The minimum absolute atomic E-state index is 0.0881. The van der Waals surface area contributed by atoms with Crippen LogP contribution in [0.3, 0.4) is 0 Å². The van der Waals surface area contributed by atoms with Gasteiger partial charge in [-0.1, -0.05) is 64.0 Å². The number of benzene rings is 3. The summed E-state index contributed by atoms with van der Waals surface area (Å²) in [5, 5.41) is 16.4. The van der Waals surface area contributed by atoms with Crippen LogP contribution in [0, 0.1) is 6.92 Å². The van der Waals surface area contributed by atoms with Gasteiger partial charge in [0.15, 0.2) is 6.61 Å². The summed E-state index contributed by atoms with van der Waals surface area (Å²) in [5.74, 6) is 0.402. The molecule has 5 nitrogen and oxygen atoms in total. The maximum atomic E-state index is 12.2. The van der Waals surface area contributed by atoms with Crippen molar-refractivity contribution in [1.82, 2.24) is 5.32 Å². The van der Waals surface area contributed by atoms with Crippen LogP contribution in [0.2, 0.25) is 0 Å². The molecular weight excluding hydrogens is 444 g/mol. The monoisotopic (exact) mass is 468 g/mol. The lowest BCUT2D eigenvalue weighted by molar-refractivity contribution is -0.118. The molecule has 0 heterocycles. The first-order valence-corrected chi connectivity index (χ1v) is 10.5. The van der Waals surface area contributed by atoms with Crippen LogP contribution in [0.5, 0.6) is 5.75 Å². The molecule has 0 aliphatic carbocycles. The molecule has 0 aliphatic heterocycles. The van der Waals surface area contributed by atoms with Crippen LogP contribution < -0.4 is 15.4 Å². The Bertz CT molecular complexity index is 962. The zero-order valence-corrected chi connectivity index (χ0v) is 18.4. The molecule has 0 radical (unpaired) electrons. The predicted octanol–water partition coefficient (Wildman–Crippen LogP) is 4.60. The van der Waals surface area contributed by atoms with Gasteiger partial charge < -0.3 is 20.5 Å². The molecular formula is C24H25BrN2O3. The topological polar surface area (TPSA) is 70.6 Å². The number of hydrogen-bond donors (Lipinski definition) is 3. The number of aliphatic hydroxyl groups is 1. The molecule has 0 unspecified atom stereocenters. The molecule has 3 aromatic rings. The van der Waals surface area contributed by atoms with Crippen molar-refractivity contribution >= 4 is 27.5 Å². The van der Waals surface area contributed by atoms with E-state index in [9.17, 15) is 9.90 Å². The number of anilines is 1. The maximum absolute atomic E-state index is 12.2. The van der Waals surface area contributed by atoms with Gasteiger partial charge in [-0.2, -0.15) is 0 Å². The van der Waals surface area contributed by atoms with Crippen molar-refractivity contribution in [2.45, 2.75) is 19.6 Å². The van der Waals surface area contributed by atoms with Gasteiger partial charge >= 0.3 is 0 Å². The summed E-state index contributed by atoms with van der Waals surface area (Å²) in [7, 11) is 0. The zero-order chi connectivity index (χ0) is 21.3. The SMILES string of the molecule is Cc1ccc(NC(=O)COc2ccc(Br)cc2CNC[C@@H](O)c2ccccc2)cc1. The van der Waals surface area contributed by atoms with Crippen molar-refractivity contribution in [3.8, 4) is 5.75 Å². The van der Waals surface area contributed by atoms with E-state index in [2.05, 4.69) is 26.6 Å². The summed E-state index contributed by atoms with van der Waals surface area (Å²) in [4.78, 5) is 12.2. The van der Waals surface area contributed by atoms with E-state index >= 15 is 0 Å². The molecule has 0 saturated heterocycles. The van der Waals surface area contributed by atoms with E-state index in [1.54, 1.807) is 0 Å². The Labute approximate surface area is 185 Å². The van der Waals surface area contributed by atoms with E-state index < -0.39 is 6.10 Å². The minimum Gasteiger partial charge on any atom is -0.483 e. The highest BCUT2D eigenvalue weighted by Crippen LogP contribution is 2.23. The van der Waals surface area contributed by atoms with Crippen molar-refractivity contribution in [3.05, 3.63) is 94.0 Å². The maximum Gasteiger partial charge on any atom is 0.262 e. The standard InChI is InChI=1S/C24H25BrN2O3/c1-17-7-10-21(11-8-17)27-24(29)16-30-23-12-9-20(25)13-19(23)14-26-15-22(28)18-5-3-2-4-6-18/h2-13,22,26,28H,14-16H2,1H3,(H,27,29)/t22-/m1/s1. The number of amides is 1. The van der Waals surface area contributed by atoms with Gasteiger partial charge in [0.25, 0.3) is 5.91 Å². The summed E-state index contributed by atoms with van der Waals surface area (Å²) >= 11 is 3.47. The Kier molecular flexibility index (Phi) is 8.02. The van der Waals surface area contributed by atoms with Crippen LogP contribution in [-0.4, -0.2) is 24.2 Å². The molecule has 0 saturated carbocycles. The molecule has 1 atom stereocenters. The number of aliphatic hydroxyl groups excluding tert-OH is 1. The van der Waals surface area contributed by atoms with E-state index in [1.807, 2.05) is 79.7 Å². The predicted molar refractivity (Wildman–Crippen MR) is 123 cm³/mol. The Hall–Kier alpha value is -2.67. The molecule has 3 N–H and O–H groups in total. The number of halogens is 1. The lowest BCUT2D eigenvalue weighted by atomic mass is 10.1. The highest BCUT2D eigenvalue weighted by Gasteiger charge is 2.10. The Balaban J connectivity index is 1.54. The first-order chi connectivity index (χ1) is 14.5. The summed E-state index contributed by atoms with van der Waals surface area (Å²) in [5.41, 5.74) is 3.63. The van der Waals surface area contributed by atoms with Gasteiger partial charge in [-0.15, -0.1) is 0 Å². The quantitative estimate of drug-likeness (QED) is 0.429. The number of rotatable bonds is 9. The van der Waals surface area contributed by atoms with Gasteiger partial charge in [0.05, 0.1) is 6.10 Å². The van der Waals surface area contributed by atoms with Gasteiger partial charge in [-0.25, -0.2) is 0 Å². The first kappa shape index (κ1) is 22.0. The molecule has 3 aromatic carbocycles. The van der Waals surface area contributed by atoms with Crippen LogP contribution >= 0.6 is 15.9 Å². The first-order valence-electron chi connectivity index (χ1n) is 9.73. The summed E-state index contributed by atoms with van der Waals surface area (Å²) in [6.45, 7) is 2.81. The molecule has 3 rings (SSSR count). The lowest BCUT2D eigenvalue weighted by Crippen LogP contribution is -2.23. The van der Waals surface area contributed by atoms with Crippen molar-refractivity contribution in [2.24, 2.45) is 0 Å². The van der Waals surface area contributed by atoms with Crippen molar-refractivity contribution < 1.29 is 14.6 Å². The second kappa shape index (κ2) is 10.9. The van der Waals surface area contributed by atoms with Gasteiger partial charge in [0.1, 0.15) is 5.75 Å². The molecule has 30 heavy (non-hydrogen) atoms. The van der Waals surface area contributed by atoms with Crippen LogP contribution in [0.1, 0.15) is 22.8 Å². The average Bonchev–Trinajstić information content (AvgIpc) is 2.75. The van der Waals surface area contributed by atoms with E-state index in [-0.39, 0.29) is 12.5 Å². The number of aryl methyl sites for hydroxylation is 1. The van der Waals surface area contributed by atoms with Crippen LogP contribution in [0.15, 0.2) is 77.3 Å². The molecule has 0 spiro atoms. The Morgan fingerprint density at radius 3 is 2.53 bits per heavy atom. The number of carbonyl (C=O) groups is 1. The highest BCUT2D eigenvalue weighted by molar-refractivity contribution is 9.10. The third kappa shape index (κ3) is 6.69. The van der Waals surface area contributed by atoms with Gasteiger partial charge in [-0.3, -0.25) is 4.79 Å². The van der Waals surface area contributed by atoms with Crippen molar-refractivity contribution in [3.63, 3.8) is 0 Å². The number of ether oxygens (including phenoxy) is 1. The average molecular weight is 469 g/mol. The summed E-state index contributed by atoms with van der Waals surface area (Å²) in [6, 6.07) is 22.8. The van der Waals surface area contributed by atoms with E-state index in [0.29, 0.717) is 18.8 Å². The molecule has 6 heteroatoms. The molecule has 0 bridgehead atoms. The number of nitrogens with one attached hydrogen (secondary N) is 2. The zero-order valence-electron chi connectivity index (χ0n) is 16.8.